The molecule has 0 radical (unpaired) electrons. The molecule has 4 heteroatoms. The van der Waals surface area contributed by atoms with Gasteiger partial charge >= 0.3 is 0 Å². The van der Waals surface area contributed by atoms with Gasteiger partial charge in [0.15, 0.2) is 0 Å². The normalized spacial score (nSPS) is 23.5. The standard InChI is InChI=1S/C14H19ClFNS/c1-2-5-17-14-9-18-8-11(14)6-10-3-4-12(15)13(16)7-10/h3-4,7,11,14,17H,2,5-6,8-9H2,1H3. The van der Waals surface area contributed by atoms with Gasteiger partial charge in [0, 0.05) is 11.8 Å². The molecule has 1 fully saturated rings. The van der Waals surface area contributed by atoms with Crippen LogP contribution < -0.4 is 5.32 Å². The minimum Gasteiger partial charge on any atom is -0.313 e. The van der Waals surface area contributed by atoms with Gasteiger partial charge in [-0.05, 0) is 48.8 Å². The zero-order chi connectivity index (χ0) is 13.0. The summed E-state index contributed by atoms with van der Waals surface area (Å²) < 4.78 is 13.4. The summed E-state index contributed by atoms with van der Waals surface area (Å²) in [5, 5.41) is 3.80. The number of halogens is 2. The third-order valence-corrected chi connectivity index (χ3v) is 4.90. The van der Waals surface area contributed by atoms with Crippen LogP contribution in [0.2, 0.25) is 5.02 Å². The molecule has 2 rings (SSSR count). The van der Waals surface area contributed by atoms with E-state index in [0.717, 1.165) is 30.7 Å². The van der Waals surface area contributed by atoms with E-state index in [1.54, 1.807) is 12.1 Å². The highest BCUT2D eigenvalue weighted by molar-refractivity contribution is 7.99. The highest BCUT2D eigenvalue weighted by atomic mass is 35.5. The van der Waals surface area contributed by atoms with Crippen LogP contribution in [0.5, 0.6) is 0 Å². The molecule has 1 aliphatic rings. The van der Waals surface area contributed by atoms with Gasteiger partial charge in [0.25, 0.3) is 0 Å². The van der Waals surface area contributed by atoms with Gasteiger partial charge in [-0.2, -0.15) is 11.8 Å². The molecule has 0 saturated carbocycles. The van der Waals surface area contributed by atoms with Gasteiger partial charge < -0.3 is 5.32 Å². The van der Waals surface area contributed by atoms with Gasteiger partial charge in [-0.3, -0.25) is 0 Å². The zero-order valence-corrected chi connectivity index (χ0v) is 12.2. The van der Waals surface area contributed by atoms with Crippen molar-refractivity contribution in [1.82, 2.24) is 5.32 Å². The van der Waals surface area contributed by atoms with E-state index in [1.807, 2.05) is 17.8 Å². The van der Waals surface area contributed by atoms with E-state index in [4.69, 9.17) is 11.6 Å². The molecule has 1 nitrogen and oxygen atoms in total. The molecule has 1 N–H and O–H groups in total. The summed E-state index contributed by atoms with van der Waals surface area (Å²) in [5.74, 6) is 2.62. The second kappa shape index (κ2) is 6.78. The maximum atomic E-state index is 13.4. The van der Waals surface area contributed by atoms with E-state index < -0.39 is 0 Å². The zero-order valence-electron chi connectivity index (χ0n) is 10.6. The molecule has 1 aliphatic heterocycles. The highest BCUT2D eigenvalue weighted by Crippen LogP contribution is 2.28. The summed E-state index contributed by atoms with van der Waals surface area (Å²) in [7, 11) is 0. The molecule has 2 unspecified atom stereocenters. The van der Waals surface area contributed by atoms with Crippen molar-refractivity contribution < 1.29 is 4.39 Å². The predicted octanol–water partition coefficient (Wildman–Crippen LogP) is 3.75. The van der Waals surface area contributed by atoms with Gasteiger partial charge in [-0.15, -0.1) is 0 Å². The third kappa shape index (κ3) is 3.62. The number of rotatable bonds is 5. The molecule has 18 heavy (non-hydrogen) atoms. The van der Waals surface area contributed by atoms with Gasteiger partial charge in [-0.1, -0.05) is 24.6 Å². The van der Waals surface area contributed by atoms with Gasteiger partial charge in [0.1, 0.15) is 5.82 Å². The lowest BCUT2D eigenvalue weighted by Gasteiger charge is -2.20. The Labute approximate surface area is 117 Å². The first kappa shape index (κ1) is 14.2. The summed E-state index contributed by atoms with van der Waals surface area (Å²) in [6, 6.07) is 5.73. The summed E-state index contributed by atoms with van der Waals surface area (Å²) in [5.41, 5.74) is 1.05. The summed E-state index contributed by atoms with van der Waals surface area (Å²) in [6.07, 6.45) is 2.09. The van der Waals surface area contributed by atoms with Gasteiger partial charge in [0.05, 0.1) is 5.02 Å². The first-order valence-electron chi connectivity index (χ1n) is 6.45. The molecule has 0 bridgehead atoms. The Morgan fingerprint density at radius 3 is 3.00 bits per heavy atom. The lowest BCUT2D eigenvalue weighted by atomic mass is 9.95. The van der Waals surface area contributed by atoms with Crippen molar-refractivity contribution in [2.45, 2.75) is 25.8 Å². The maximum absolute atomic E-state index is 13.4. The fourth-order valence-electron chi connectivity index (χ4n) is 2.32. The number of hydrogen-bond donors (Lipinski definition) is 1. The molecule has 0 aliphatic carbocycles. The second-order valence-corrected chi connectivity index (χ2v) is 6.29. The van der Waals surface area contributed by atoms with Gasteiger partial charge in [-0.25, -0.2) is 4.39 Å². The molecule has 2 atom stereocenters. The molecule has 1 aromatic carbocycles. The second-order valence-electron chi connectivity index (χ2n) is 4.81. The molecular formula is C14H19ClFNS. The Morgan fingerprint density at radius 2 is 2.28 bits per heavy atom. The van der Waals surface area contributed by atoms with E-state index in [1.165, 1.54) is 5.75 Å². The summed E-state index contributed by atoms with van der Waals surface area (Å²) in [6.45, 7) is 3.25. The van der Waals surface area contributed by atoms with Crippen LogP contribution in [0.25, 0.3) is 0 Å². The number of hydrogen-bond acceptors (Lipinski definition) is 2. The van der Waals surface area contributed by atoms with E-state index in [2.05, 4.69) is 12.2 Å². The van der Waals surface area contributed by atoms with Crippen molar-refractivity contribution in [2.24, 2.45) is 5.92 Å². The monoisotopic (exact) mass is 287 g/mol. The molecule has 0 spiro atoms. The maximum Gasteiger partial charge on any atom is 0.142 e. The predicted molar refractivity (Wildman–Crippen MR) is 78.0 cm³/mol. The van der Waals surface area contributed by atoms with Crippen molar-refractivity contribution in [3.8, 4) is 0 Å². The van der Waals surface area contributed by atoms with Crippen molar-refractivity contribution in [3.05, 3.63) is 34.6 Å². The quantitative estimate of drug-likeness (QED) is 0.885. The lowest BCUT2D eigenvalue weighted by Crippen LogP contribution is -2.36. The minimum atomic E-state index is -0.308. The van der Waals surface area contributed by atoms with Crippen LogP contribution in [-0.2, 0) is 6.42 Å². The molecule has 100 valence electrons. The van der Waals surface area contributed by atoms with Crippen molar-refractivity contribution in [3.63, 3.8) is 0 Å². The fourth-order valence-corrected chi connectivity index (χ4v) is 3.87. The number of benzene rings is 1. The molecular weight excluding hydrogens is 269 g/mol. The van der Waals surface area contributed by atoms with Crippen LogP contribution in [0, 0.1) is 11.7 Å². The van der Waals surface area contributed by atoms with Gasteiger partial charge in [0.2, 0.25) is 0 Å². The smallest absolute Gasteiger partial charge is 0.142 e. The number of nitrogens with one attached hydrogen (secondary N) is 1. The van der Waals surface area contributed by atoms with E-state index in [0.29, 0.717) is 12.0 Å². The molecule has 0 amide bonds. The van der Waals surface area contributed by atoms with Crippen molar-refractivity contribution in [2.75, 3.05) is 18.1 Å². The van der Waals surface area contributed by atoms with E-state index in [-0.39, 0.29) is 10.8 Å². The first-order valence-corrected chi connectivity index (χ1v) is 7.99. The molecule has 1 aromatic rings. The third-order valence-electron chi connectivity index (χ3n) is 3.34. The van der Waals surface area contributed by atoms with Crippen LogP contribution >= 0.6 is 23.4 Å². The average Bonchev–Trinajstić information content (AvgIpc) is 2.79. The highest BCUT2D eigenvalue weighted by Gasteiger charge is 2.27. The van der Waals surface area contributed by atoms with Crippen LogP contribution in [0.4, 0.5) is 4.39 Å². The van der Waals surface area contributed by atoms with Crippen LogP contribution in [0.1, 0.15) is 18.9 Å². The Hall–Kier alpha value is -0.250. The van der Waals surface area contributed by atoms with Crippen molar-refractivity contribution in [1.29, 1.82) is 0 Å². The fraction of sp³-hybridized carbons (Fsp3) is 0.571. The largest absolute Gasteiger partial charge is 0.313 e. The average molecular weight is 288 g/mol. The van der Waals surface area contributed by atoms with E-state index in [9.17, 15) is 4.39 Å². The topological polar surface area (TPSA) is 12.0 Å². The summed E-state index contributed by atoms with van der Waals surface area (Å²) in [4.78, 5) is 0. The Morgan fingerprint density at radius 1 is 1.44 bits per heavy atom. The Kier molecular flexibility index (Phi) is 5.34. The molecule has 0 aromatic heterocycles. The minimum absolute atomic E-state index is 0.209. The number of thioether (sulfide) groups is 1. The Balaban J connectivity index is 1.96. The molecule has 1 saturated heterocycles. The Bertz CT molecular complexity index is 399. The van der Waals surface area contributed by atoms with Crippen LogP contribution in [-0.4, -0.2) is 24.1 Å². The SMILES string of the molecule is CCCNC1CSCC1Cc1ccc(Cl)c(F)c1. The lowest BCUT2D eigenvalue weighted by molar-refractivity contribution is 0.424. The first-order chi connectivity index (χ1) is 8.70. The van der Waals surface area contributed by atoms with Crippen LogP contribution in [0.15, 0.2) is 18.2 Å². The van der Waals surface area contributed by atoms with Crippen molar-refractivity contribution >= 4 is 23.4 Å². The molecule has 1 heterocycles. The van der Waals surface area contributed by atoms with Crippen LogP contribution in [0.3, 0.4) is 0 Å². The van der Waals surface area contributed by atoms with E-state index >= 15 is 0 Å². The summed E-state index contributed by atoms with van der Waals surface area (Å²) >= 11 is 7.69.